The molecule has 1 fully saturated rings. The summed E-state index contributed by atoms with van der Waals surface area (Å²) in [6.45, 7) is 13.4. The van der Waals surface area contributed by atoms with Gasteiger partial charge in [-0.15, -0.1) is 0 Å². The van der Waals surface area contributed by atoms with Crippen LogP contribution >= 0.6 is 0 Å². The number of hydrogen-bond acceptors (Lipinski definition) is 7. The van der Waals surface area contributed by atoms with Crippen molar-refractivity contribution in [3.63, 3.8) is 0 Å². The summed E-state index contributed by atoms with van der Waals surface area (Å²) in [6.07, 6.45) is -1.93. The van der Waals surface area contributed by atoms with Crippen LogP contribution < -0.4 is 0 Å². The fourth-order valence-corrected chi connectivity index (χ4v) is 4.61. The fraction of sp³-hybridized carbons (Fsp3) is 0.870. The number of ether oxygens (including phenoxy) is 2. The van der Waals surface area contributed by atoms with E-state index in [4.69, 9.17) is 9.47 Å². The summed E-state index contributed by atoms with van der Waals surface area (Å²) >= 11 is 0. The Morgan fingerprint density at radius 2 is 1.57 bits per heavy atom. The van der Waals surface area contributed by atoms with Crippen LogP contribution in [0, 0.1) is 29.6 Å². The number of aliphatic hydroxyl groups excluding tert-OH is 1. The quantitative estimate of drug-likeness (QED) is 0.514. The molecule has 0 radical (unpaired) electrons. The minimum absolute atomic E-state index is 0.219. The molecule has 1 aliphatic heterocycles. The van der Waals surface area contributed by atoms with Gasteiger partial charge in [-0.1, -0.05) is 34.6 Å². The number of carbonyl (C=O) groups excluding carboxylic acids is 3. The Hall–Kier alpha value is -1.31. The number of aliphatic hydroxyl groups is 2. The number of hydrogen-bond donors (Lipinski definition) is 2. The highest BCUT2D eigenvalue weighted by Gasteiger charge is 2.48. The molecule has 30 heavy (non-hydrogen) atoms. The third-order valence-electron chi connectivity index (χ3n) is 7.41. The number of rotatable bonds is 2. The molecular weight excluding hydrogens is 388 g/mol. The van der Waals surface area contributed by atoms with Crippen LogP contribution in [0.1, 0.15) is 68.2 Å². The van der Waals surface area contributed by atoms with Crippen molar-refractivity contribution in [2.45, 2.75) is 91.6 Å². The third-order valence-corrected chi connectivity index (χ3v) is 7.41. The summed E-state index contributed by atoms with van der Waals surface area (Å²) in [5, 5.41) is 21.8. The van der Waals surface area contributed by atoms with E-state index in [1.807, 2.05) is 13.8 Å². The van der Waals surface area contributed by atoms with Gasteiger partial charge in [-0.25, -0.2) is 0 Å². The normalized spacial score (nSPS) is 45.0. The largest absolute Gasteiger partial charge is 0.459 e. The molecule has 0 unspecified atom stereocenters. The van der Waals surface area contributed by atoms with E-state index >= 15 is 0 Å². The molecule has 0 spiro atoms. The SMILES string of the molecule is CC[C@H]1OC(=O)[C@H](C)C(=O)[C@H](C)[C@@H](C)[C@](C)(OC)C[C@@H](C)C(=O)[C@H](C)[C@@H](O)[C@]1(C)O. The predicted molar refractivity (Wildman–Crippen MR) is 113 cm³/mol. The lowest BCUT2D eigenvalue weighted by molar-refractivity contribution is -0.190. The number of cyclic esters (lactones) is 1. The fourth-order valence-electron chi connectivity index (χ4n) is 4.61. The second-order valence-electron chi connectivity index (χ2n) is 9.52. The maximum absolute atomic E-state index is 13.1. The zero-order valence-electron chi connectivity index (χ0n) is 19.9. The number of esters is 1. The van der Waals surface area contributed by atoms with Crippen LogP contribution in [0.5, 0.6) is 0 Å². The van der Waals surface area contributed by atoms with Crippen LogP contribution in [0.15, 0.2) is 0 Å². The van der Waals surface area contributed by atoms with E-state index in [0.29, 0.717) is 6.42 Å². The minimum atomic E-state index is -1.85. The zero-order chi connectivity index (χ0) is 23.6. The molecule has 1 aliphatic rings. The molecule has 0 bridgehead atoms. The molecule has 7 nitrogen and oxygen atoms in total. The molecule has 0 aromatic carbocycles. The molecule has 1 rings (SSSR count). The molecule has 0 amide bonds. The highest BCUT2D eigenvalue weighted by Crippen LogP contribution is 2.37. The van der Waals surface area contributed by atoms with Crippen molar-refractivity contribution < 1.29 is 34.1 Å². The Labute approximate surface area is 180 Å². The average molecular weight is 429 g/mol. The van der Waals surface area contributed by atoms with Gasteiger partial charge >= 0.3 is 5.97 Å². The summed E-state index contributed by atoms with van der Waals surface area (Å²) in [5.41, 5.74) is -2.65. The summed E-state index contributed by atoms with van der Waals surface area (Å²) < 4.78 is 11.2. The lowest BCUT2D eigenvalue weighted by Gasteiger charge is -2.42. The van der Waals surface area contributed by atoms with Crippen LogP contribution in [-0.2, 0) is 23.9 Å². The molecule has 2 N–H and O–H groups in total. The monoisotopic (exact) mass is 428 g/mol. The van der Waals surface area contributed by atoms with E-state index < -0.39 is 53.1 Å². The van der Waals surface area contributed by atoms with Gasteiger partial charge in [0.1, 0.15) is 29.2 Å². The van der Waals surface area contributed by atoms with Gasteiger partial charge in [0.05, 0.1) is 11.7 Å². The van der Waals surface area contributed by atoms with Crippen molar-refractivity contribution in [1.82, 2.24) is 0 Å². The summed E-state index contributed by atoms with van der Waals surface area (Å²) in [5.74, 6) is -4.40. The van der Waals surface area contributed by atoms with Gasteiger partial charge in [0.15, 0.2) is 0 Å². The van der Waals surface area contributed by atoms with Gasteiger partial charge in [0, 0.05) is 24.9 Å². The molecule has 174 valence electrons. The molecule has 7 heteroatoms. The lowest BCUT2D eigenvalue weighted by Crippen LogP contribution is -2.56. The molecule has 0 aliphatic carbocycles. The van der Waals surface area contributed by atoms with Gasteiger partial charge in [0.2, 0.25) is 0 Å². The van der Waals surface area contributed by atoms with Crippen LogP contribution in [0.2, 0.25) is 0 Å². The molecule has 0 aromatic rings. The molecule has 9 atom stereocenters. The van der Waals surface area contributed by atoms with E-state index in [9.17, 15) is 24.6 Å². The number of carbonyl (C=O) groups is 3. The van der Waals surface area contributed by atoms with E-state index in [2.05, 4.69) is 0 Å². The minimum Gasteiger partial charge on any atom is -0.459 e. The molecule has 1 heterocycles. The van der Waals surface area contributed by atoms with Crippen LogP contribution in [0.4, 0.5) is 0 Å². The Morgan fingerprint density at radius 1 is 1.03 bits per heavy atom. The Balaban J connectivity index is 3.49. The van der Waals surface area contributed by atoms with Crippen molar-refractivity contribution in [1.29, 1.82) is 0 Å². The van der Waals surface area contributed by atoms with Crippen molar-refractivity contribution in [3.8, 4) is 0 Å². The number of methoxy groups -OCH3 is 1. The molecule has 0 saturated carbocycles. The Morgan fingerprint density at radius 3 is 2.03 bits per heavy atom. The zero-order valence-corrected chi connectivity index (χ0v) is 19.9. The number of ketones is 2. The topological polar surface area (TPSA) is 110 Å². The molecule has 1 saturated heterocycles. The van der Waals surface area contributed by atoms with Crippen LogP contribution in [-0.4, -0.2) is 58.3 Å². The van der Waals surface area contributed by atoms with Gasteiger partial charge in [-0.2, -0.15) is 0 Å². The first-order chi connectivity index (χ1) is 13.6. The van der Waals surface area contributed by atoms with Crippen molar-refractivity contribution in [3.05, 3.63) is 0 Å². The van der Waals surface area contributed by atoms with Crippen LogP contribution in [0.25, 0.3) is 0 Å². The second-order valence-corrected chi connectivity index (χ2v) is 9.52. The summed E-state index contributed by atoms with van der Waals surface area (Å²) in [4.78, 5) is 38.8. The summed E-state index contributed by atoms with van der Waals surface area (Å²) in [7, 11) is 1.54. The predicted octanol–water partition coefficient (Wildman–Crippen LogP) is 2.55. The average Bonchev–Trinajstić information content (AvgIpc) is 2.72. The van der Waals surface area contributed by atoms with Gasteiger partial charge in [-0.05, 0) is 39.5 Å². The third kappa shape index (κ3) is 5.11. The van der Waals surface area contributed by atoms with E-state index in [1.54, 1.807) is 34.8 Å². The van der Waals surface area contributed by atoms with Crippen molar-refractivity contribution >= 4 is 17.5 Å². The van der Waals surface area contributed by atoms with Crippen LogP contribution in [0.3, 0.4) is 0 Å². The van der Waals surface area contributed by atoms with E-state index in [0.717, 1.165) is 0 Å². The Kier molecular flexibility index (Phi) is 8.80. The van der Waals surface area contributed by atoms with Crippen molar-refractivity contribution in [2.75, 3.05) is 7.11 Å². The van der Waals surface area contributed by atoms with E-state index in [-0.39, 0.29) is 23.9 Å². The first kappa shape index (κ1) is 26.7. The van der Waals surface area contributed by atoms with Gasteiger partial charge in [0.25, 0.3) is 0 Å². The van der Waals surface area contributed by atoms with E-state index in [1.165, 1.54) is 13.8 Å². The first-order valence-corrected chi connectivity index (χ1v) is 10.9. The maximum Gasteiger partial charge on any atom is 0.316 e. The maximum atomic E-state index is 13.1. The van der Waals surface area contributed by atoms with Crippen molar-refractivity contribution in [2.24, 2.45) is 29.6 Å². The van der Waals surface area contributed by atoms with Gasteiger partial charge in [-0.3, -0.25) is 14.4 Å². The van der Waals surface area contributed by atoms with Gasteiger partial charge < -0.3 is 19.7 Å². The highest BCUT2D eigenvalue weighted by molar-refractivity contribution is 5.99. The highest BCUT2D eigenvalue weighted by atomic mass is 16.6. The molecular formula is C23H40O7. The first-order valence-electron chi connectivity index (χ1n) is 10.9. The summed E-state index contributed by atoms with van der Waals surface area (Å²) in [6, 6.07) is 0. The Bertz CT molecular complexity index is 643. The number of Topliss-reactive ketones (excluding diaryl/α,β-unsaturated/α-hetero) is 2. The lowest BCUT2D eigenvalue weighted by atomic mass is 9.71. The standard InChI is InChI=1S/C23H40O7/c1-10-17-23(8,28)20(26)14(4)18(24)12(2)11-22(7,29-9)16(6)13(3)19(25)15(5)21(27)30-17/h12-17,20,26,28H,10-11H2,1-9H3/t12-,13-,14+,15-,16-,17-,20-,22-,23-/m1/s1. The second kappa shape index (κ2) is 9.88. The smallest absolute Gasteiger partial charge is 0.316 e. The molecule has 0 aromatic heterocycles.